The fourth-order valence-corrected chi connectivity index (χ4v) is 3.43. The van der Waals surface area contributed by atoms with E-state index >= 15 is 0 Å². The molecule has 1 aliphatic rings. The minimum Gasteiger partial charge on any atom is -0.497 e. The van der Waals surface area contributed by atoms with E-state index in [1.54, 1.807) is 30.3 Å². The van der Waals surface area contributed by atoms with Crippen LogP contribution in [0.15, 0.2) is 47.4 Å². The number of anilines is 2. The molecule has 1 heterocycles. The Morgan fingerprint density at radius 3 is 2.61 bits per heavy atom. The largest absolute Gasteiger partial charge is 0.497 e. The summed E-state index contributed by atoms with van der Waals surface area (Å²) in [4.78, 5) is 2.21. The summed E-state index contributed by atoms with van der Waals surface area (Å²) in [7, 11) is -0.165. The Kier molecular flexibility index (Phi) is 4.04. The Bertz CT molecular complexity index is 803. The van der Waals surface area contributed by atoms with E-state index in [1.165, 1.54) is 19.2 Å². The average Bonchev–Trinajstić information content (AvgIpc) is 2.55. The van der Waals surface area contributed by atoms with Crippen LogP contribution in [0.3, 0.4) is 0 Å². The van der Waals surface area contributed by atoms with E-state index in [0.29, 0.717) is 18.0 Å². The van der Waals surface area contributed by atoms with Gasteiger partial charge in [0.05, 0.1) is 29.9 Å². The van der Waals surface area contributed by atoms with Crippen LogP contribution in [0.5, 0.6) is 11.5 Å². The van der Waals surface area contributed by atoms with Gasteiger partial charge in [-0.15, -0.1) is 0 Å². The first-order valence-corrected chi connectivity index (χ1v) is 8.63. The highest BCUT2D eigenvalue weighted by atomic mass is 32.2. The first-order chi connectivity index (χ1) is 11.0. The van der Waals surface area contributed by atoms with Crippen molar-refractivity contribution in [3.05, 3.63) is 42.5 Å². The molecule has 1 aliphatic heterocycles. The Balaban J connectivity index is 1.86. The minimum atomic E-state index is -3.65. The van der Waals surface area contributed by atoms with Crippen LogP contribution in [-0.4, -0.2) is 35.7 Å². The van der Waals surface area contributed by atoms with Crippen molar-refractivity contribution < 1.29 is 17.9 Å². The quantitative estimate of drug-likeness (QED) is 0.929. The summed E-state index contributed by atoms with van der Waals surface area (Å²) < 4.78 is 38.1. The highest BCUT2D eigenvalue weighted by Crippen LogP contribution is 2.33. The van der Waals surface area contributed by atoms with Gasteiger partial charge in [0.1, 0.15) is 18.1 Å². The molecule has 0 saturated carbocycles. The van der Waals surface area contributed by atoms with Crippen molar-refractivity contribution in [2.24, 2.45) is 0 Å². The molecule has 0 spiro atoms. The van der Waals surface area contributed by atoms with E-state index in [4.69, 9.17) is 9.47 Å². The molecule has 2 aromatic carbocycles. The van der Waals surface area contributed by atoms with Crippen LogP contribution in [0.4, 0.5) is 11.4 Å². The number of fused-ring (bicyclic) bond motifs is 1. The van der Waals surface area contributed by atoms with Crippen LogP contribution < -0.4 is 19.1 Å². The number of sulfonamides is 1. The Hall–Kier alpha value is -2.41. The molecule has 0 radical (unpaired) electrons. The predicted octanol–water partition coefficient (Wildman–Crippen LogP) is 2.32. The molecular weight excluding hydrogens is 316 g/mol. The van der Waals surface area contributed by atoms with E-state index in [9.17, 15) is 8.42 Å². The normalized spacial score (nSPS) is 13.9. The summed E-state index contributed by atoms with van der Waals surface area (Å²) in [6.45, 7) is 1.39. The number of nitrogens with one attached hydrogen (secondary N) is 1. The molecule has 0 fully saturated rings. The second kappa shape index (κ2) is 6.00. The Morgan fingerprint density at radius 2 is 1.91 bits per heavy atom. The zero-order valence-corrected chi connectivity index (χ0v) is 13.8. The predicted molar refractivity (Wildman–Crippen MR) is 89.0 cm³/mol. The van der Waals surface area contributed by atoms with Crippen molar-refractivity contribution in [3.8, 4) is 11.5 Å². The van der Waals surface area contributed by atoms with Gasteiger partial charge in [0, 0.05) is 7.05 Å². The van der Waals surface area contributed by atoms with Crippen molar-refractivity contribution in [2.75, 3.05) is 36.9 Å². The summed E-state index contributed by atoms with van der Waals surface area (Å²) in [6.07, 6.45) is 0. The molecule has 2 aromatic rings. The molecule has 122 valence electrons. The maximum atomic E-state index is 12.5. The standard InChI is InChI=1S/C16H18N2O4S/c1-18-9-10-22-16-8-3-12(11-15(16)18)17-23(19,20)14-6-4-13(21-2)5-7-14/h3-8,11,17H,9-10H2,1-2H3. The first kappa shape index (κ1) is 15.5. The van der Waals surface area contributed by atoms with Crippen molar-refractivity contribution in [1.82, 2.24) is 0 Å². The maximum Gasteiger partial charge on any atom is 0.261 e. The van der Waals surface area contributed by atoms with Crippen LogP contribution in [0, 0.1) is 0 Å². The average molecular weight is 334 g/mol. The third kappa shape index (κ3) is 3.19. The lowest BCUT2D eigenvalue weighted by Crippen LogP contribution is -2.28. The zero-order chi connectivity index (χ0) is 16.4. The van der Waals surface area contributed by atoms with E-state index in [1.807, 2.05) is 11.9 Å². The smallest absolute Gasteiger partial charge is 0.261 e. The molecule has 0 aromatic heterocycles. The number of methoxy groups -OCH3 is 1. The van der Waals surface area contributed by atoms with Gasteiger partial charge in [-0.1, -0.05) is 0 Å². The SMILES string of the molecule is COc1ccc(S(=O)(=O)Nc2ccc3c(c2)N(C)CCO3)cc1. The van der Waals surface area contributed by atoms with Crippen LogP contribution in [0.25, 0.3) is 0 Å². The number of likely N-dealkylation sites (N-methyl/N-ethyl adjacent to an activating group) is 1. The summed E-state index contributed by atoms with van der Waals surface area (Å²) in [5.41, 5.74) is 1.36. The molecule has 0 atom stereocenters. The lowest BCUT2D eigenvalue weighted by Gasteiger charge is -2.28. The molecule has 23 heavy (non-hydrogen) atoms. The molecule has 7 heteroatoms. The zero-order valence-electron chi connectivity index (χ0n) is 12.9. The molecule has 0 amide bonds. The highest BCUT2D eigenvalue weighted by molar-refractivity contribution is 7.92. The van der Waals surface area contributed by atoms with Gasteiger partial charge >= 0.3 is 0 Å². The Morgan fingerprint density at radius 1 is 1.17 bits per heavy atom. The molecule has 0 aliphatic carbocycles. The second-order valence-corrected chi connectivity index (χ2v) is 6.92. The number of benzene rings is 2. The van der Waals surface area contributed by atoms with Crippen LogP contribution in [0.2, 0.25) is 0 Å². The van der Waals surface area contributed by atoms with E-state index in [2.05, 4.69) is 4.72 Å². The van der Waals surface area contributed by atoms with Gasteiger partial charge in [-0.2, -0.15) is 0 Å². The second-order valence-electron chi connectivity index (χ2n) is 5.23. The van der Waals surface area contributed by atoms with Gasteiger partial charge in [-0.05, 0) is 42.5 Å². The summed E-state index contributed by atoms with van der Waals surface area (Å²) in [5, 5.41) is 0. The van der Waals surface area contributed by atoms with Gasteiger partial charge in [0.25, 0.3) is 10.0 Å². The number of nitrogens with zero attached hydrogens (tertiary/aromatic N) is 1. The van der Waals surface area contributed by atoms with Crippen molar-refractivity contribution in [3.63, 3.8) is 0 Å². The fraction of sp³-hybridized carbons (Fsp3) is 0.250. The van der Waals surface area contributed by atoms with Crippen molar-refractivity contribution in [2.45, 2.75) is 4.90 Å². The highest BCUT2D eigenvalue weighted by Gasteiger charge is 2.18. The van der Waals surface area contributed by atoms with Gasteiger partial charge in [0.15, 0.2) is 0 Å². The number of ether oxygens (including phenoxy) is 2. The maximum absolute atomic E-state index is 12.5. The summed E-state index contributed by atoms with van der Waals surface area (Å²) in [5.74, 6) is 1.36. The summed E-state index contributed by atoms with van der Waals surface area (Å²) in [6, 6.07) is 11.5. The summed E-state index contributed by atoms with van der Waals surface area (Å²) >= 11 is 0. The van der Waals surface area contributed by atoms with E-state index < -0.39 is 10.0 Å². The minimum absolute atomic E-state index is 0.181. The molecule has 0 saturated heterocycles. The monoisotopic (exact) mass is 334 g/mol. The third-order valence-corrected chi connectivity index (χ3v) is 5.07. The van der Waals surface area contributed by atoms with Gasteiger partial charge < -0.3 is 14.4 Å². The van der Waals surface area contributed by atoms with E-state index in [0.717, 1.165) is 18.0 Å². The number of rotatable bonds is 4. The fourth-order valence-electron chi connectivity index (χ4n) is 2.38. The first-order valence-electron chi connectivity index (χ1n) is 7.14. The molecule has 3 rings (SSSR count). The lowest BCUT2D eigenvalue weighted by molar-refractivity contribution is 0.311. The molecule has 1 N–H and O–H groups in total. The van der Waals surface area contributed by atoms with E-state index in [-0.39, 0.29) is 4.90 Å². The molecule has 0 unspecified atom stereocenters. The number of hydrogen-bond donors (Lipinski definition) is 1. The van der Waals surface area contributed by atoms with Crippen molar-refractivity contribution in [1.29, 1.82) is 0 Å². The Labute approximate surface area is 135 Å². The van der Waals surface area contributed by atoms with Gasteiger partial charge in [0.2, 0.25) is 0 Å². The van der Waals surface area contributed by atoms with Gasteiger partial charge in [-0.25, -0.2) is 8.42 Å². The molecule has 0 bridgehead atoms. The van der Waals surface area contributed by atoms with Crippen LogP contribution in [0.1, 0.15) is 0 Å². The third-order valence-electron chi connectivity index (χ3n) is 3.68. The van der Waals surface area contributed by atoms with Crippen LogP contribution in [-0.2, 0) is 10.0 Å². The molecular formula is C16H18N2O4S. The van der Waals surface area contributed by atoms with Gasteiger partial charge in [-0.3, -0.25) is 4.72 Å². The lowest BCUT2D eigenvalue weighted by atomic mass is 10.2. The molecule has 6 nitrogen and oxygen atoms in total. The van der Waals surface area contributed by atoms with Crippen LogP contribution >= 0.6 is 0 Å². The number of hydrogen-bond acceptors (Lipinski definition) is 5. The van der Waals surface area contributed by atoms with Crippen molar-refractivity contribution >= 4 is 21.4 Å². The topological polar surface area (TPSA) is 67.9 Å².